The Morgan fingerprint density at radius 3 is 2.68 bits per heavy atom. The van der Waals surface area contributed by atoms with E-state index >= 15 is 0 Å². The van der Waals surface area contributed by atoms with E-state index in [9.17, 15) is 15.0 Å². The minimum atomic E-state index is -1.28. The van der Waals surface area contributed by atoms with Gasteiger partial charge >= 0.3 is 5.97 Å². The van der Waals surface area contributed by atoms with Gasteiger partial charge in [0.15, 0.2) is 0 Å². The second-order valence-electron chi connectivity index (χ2n) is 4.25. The number of esters is 1. The molecular formula is C13H18ClNO4. The van der Waals surface area contributed by atoms with E-state index in [1.54, 1.807) is 19.9 Å². The number of anilines is 1. The molecule has 1 rings (SSSR count). The topological polar surface area (TPSA) is 92.8 Å². The van der Waals surface area contributed by atoms with E-state index in [4.69, 9.17) is 22.1 Å². The van der Waals surface area contributed by atoms with Crippen molar-refractivity contribution in [1.82, 2.24) is 0 Å². The number of carbonyl (C=O) groups is 1. The van der Waals surface area contributed by atoms with Gasteiger partial charge in [0.05, 0.1) is 19.1 Å². The molecule has 0 bridgehead atoms. The molecule has 0 amide bonds. The molecule has 5 nitrogen and oxygen atoms in total. The van der Waals surface area contributed by atoms with Gasteiger partial charge in [-0.25, -0.2) is 0 Å². The van der Waals surface area contributed by atoms with Crippen molar-refractivity contribution in [1.29, 1.82) is 0 Å². The normalized spacial score (nSPS) is 13.9. The Morgan fingerprint density at radius 1 is 1.47 bits per heavy atom. The summed E-state index contributed by atoms with van der Waals surface area (Å²) >= 11 is 5.97. The Hall–Kier alpha value is -1.30. The fourth-order valence-electron chi connectivity index (χ4n) is 1.66. The number of hydrogen-bond acceptors (Lipinski definition) is 5. The highest BCUT2D eigenvalue weighted by Crippen LogP contribution is 2.30. The van der Waals surface area contributed by atoms with Crippen LogP contribution in [-0.2, 0) is 9.53 Å². The summed E-state index contributed by atoms with van der Waals surface area (Å²) in [4.78, 5) is 11.2. The molecule has 0 spiro atoms. The first-order valence-electron chi connectivity index (χ1n) is 5.94. The van der Waals surface area contributed by atoms with Crippen LogP contribution in [0.15, 0.2) is 12.1 Å². The van der Waals surface area contributed by atoms with Gasteiger partial charge in [-0.3, -0.25) is 4.79 Å². The zero-order chi connectivity index (χ0) is 14.6. The van der Waals surface area contributed by atoms with E-state index < -0.39 is 18.2 Å². The third-order valence-corrected chi connectivity index (χ3v) is 3.08. The molecule has 0 aliphatic heterocycles. The molecule has 106 valence electrons. The molecule has 0 radical (unpaired) electrons. The van der Waals surface area contributed by atoms with Crippen molar-refractivity contribution in [3.05, 3.63) is 28.3 Å². The van der Waals surface area contributed by atoms with Gasteiger partial charge in [-0.05, 0) is 31.5 Å². The Kier molecular flexibility index (Phi) is 5.60. The Labute approximate surface area is 116 Å². The van der Waals surface area contributed by atoms with Crippen LogP contribution in [0.25, 0.3) is 0 Å². The van der Waals surface area contributed by atoms with Crippen molar-refractivity contribution in [2.24, 2.45) is 0 Å². The second kappa shape index (κ2) is 6.75. The van der Waals surface area contributed by atoms with Crippen molar-refractivity contribution in [3.63, 3.8) is 0 Å². The van der Waals surface area contributed by atoms with Gasteiger partial charge < -0.3 is 20.7 Å². The molecule has 4 N–H and O–H groups in total. The Balaban J connectivity index is 2.85. The molecular weight excluding hydrogens is 270 g/mol. The van der Waals surface area contributed by atoms with E-state index in [0.29, 0.717) is 11.3 Å². The second-order valence-corrected chi connectivity index (χ2v) is 4.66. The fraction of sp³-hybridized carbons (Fsp3) is 0.462. The van der Waals surface area contributed by atoms with Crippen LogP contribution in [0.5, 0.6) is 0 Å². The van der Waals surface area contributed by atoms with Crippen molar-refractivity contribution in [3.8, 4) is 0 Å². The van der Waals surface area contributed by atoms with Crippen LogP contribution in [-0.4, -0.2) is 28.9 Å². The molecule has 19 heavy (non-hydrogen) atoms. The molecule has 2 atom stereocenters. The van der Waals surface area contributed by atoms with Crippen LogP contribution in [0.2, 0.25) is 5.02 Å². The van der Waals surface area contributed by atoms with E-state index in [2.05, 4.69) is 0 Å². The van der Waals surface area contributed by atoms with Gasteiger partial charge in [0.2, 0.25) is 0 Å². The van der Waals surface area contributed by atoms with Gasteiger partial charge in [-0.1, -0.05) is 11.6 Å². The maximum atomic E-state index is 11.2. The maximum absolute atomic E-state index is 11.2. The van der Waals surface area contributed by atoms with E-state index in [1.165, 1.54) is 6.07 Å². The zero-order valence-electron chi connectivity index (χ0n) is 10.9. The lowest BCUT2D eigenvalue weighted by Crippen LogP contribution is -2.23. The molecule has 0 aliphatic rings. The molecule has 0 fully saturated rings. The van der Waals surface area contributed by atoms with Crippen LogP contribution < -0.4 is 5.73 Å². The van der Waals surface area contributed by atoms with E-state index in [1.807, 2.05) is 0 Å². The predicted octanol–water partition coefficient (Wildman–Crippen LogP) is 1.58. The number of aliphatic hydroxyl groups excluding tert-OH is 2. The number of aryl methyl sites for hydroxylation is 1. The summed E-state index contributed by atoms with van der Waals surface area (Å²) in [6.45, 7) is 3.66. The average molecular weight is 288 g/mol. The lowest BCUT2D eigenvalue weighted by atomic mass is 9.99. The summed E-state index contributed by atoms with van der Waals surface area (Å²) in [6.07, 6.45) is -2.84. The van der Waals surface area contributed by atoms with Gasteiger partial charge in [0.25, 0.3) is 0 Å². The Morgan fingerprint density at radius 2 is 2.11 bits per heavy atom. The predicted molar refractivity (Wildman–Crippen MR) is 72.8 cm³/mol. The van der Waals surface area contributed by atoms with Crippen LogP contribution in [0.1, 0.15) is 30.6 Å². The fourth-order valence-corrected chi connectivity index (χ4v) is 1.94. The van der Waals surface area contributed by atoms with E-state index in [-0.39, 0.29) is 18.1 Å². The number of ether oxygens (including phenoxy) is 1. The third kappa shape index (κ3) is 4.09. The average Bonchev–Trinajstić information content (AvgIpc) is 2.33. The smallest absolute Gasteiger partial charge is 0.308 e. The number of benzene rings is 1. The summed E-state index contributed by atoms with van der Waals surface area (Å²) in [5.74, 6) is -0.572. The molecule has 6 heteroatoms. The van der Waals surface area contributed by atoms with Crippen molar-refractivity contribution < 1.29 is 19.7 Å². The summed E-state index contributed by atoms with van der Waals surface area (Å²) in [6, 6.07) is 3.10. The highest BCUT2D eigenvalue weighted by Gasteiger charge is 2.24. The molecule has 1 aromatic carbocycles. The number of nitrogen functional groups attached to an aromatic ring is 1. The van der Waals surface area contributed by atoms with E-state index in [0.717, 1.165) is 5.56 Å². The first-order valence-corrected chi connectivity index (χ1v) is 6.31. The number of hydrogen-bond donors (Lipinski definition) is 3. The molecule has 1 aromatic rings. The lowest BCUT2D eigenvalue weighted by Gasteiger charge is -2.19. The number of rotatable bonds is 5. The Bertz CT molecular complexity index is 464. The zero-order valence-corrected chi connectivity index (χ0v) is 11.6. The van der Waals surface area contributed by atoms with Gasteiger partial charge in [0.1, 0.15) is 6.10 Å². The van der Waals surface area contributed by atoms with Gasteiger partial charge in [0, 0.05) is 16.3 Å². The molecule has 0 aromatic heterocycles. The summed E-state index contributed by atoms with van der Waals surface area (Å²) in [7, 11) is 0. The standard InChI is InChI=1S/C13H18ClNO4/c1-3-19-12(17)6-11(16)13(18)8-4-7(2)10(15)5-9(8)14/h4-5,11,13,16,18H,3,6,15H2,1-2H3. The van der Waals surface area contributed by atoms with Crippen LogP contribution >= 0.6 is 11.6 Å². The highest BCUT2D eigenvalue weighted by atomic mass is 35.5. The van der Waals surface area contributed by atoms with Crippen molar-refractivity contribution in [2.45, 2.75) is 32.5 Å². The van der Waals surface area contributed by atoms with Gasteiger partial charge in [-0.2, -0.15) is 0 Å². The highest BCUT2D eigenvalue weighted by molar-refractivity contribution is 6.31. The lowest BCUT2D eigenvalue weighted by molar-refractivity contribution is -0.147. The van der Waals surface area contributed by atoms with Crippen molar-refractivity contribution >= 4 is 23.3 Å². The SMILES string of the molecule is CCOC(=O)CC(O)C(O)c1cc(C)c(N)cc1Cl. The monoisotopic (exact) mass is 287 g/mol. The van der Waals surface area contributed by atoms with Crippen LogP contribution in [0, 0.1) is 6.92 Å². The summed E-state index contributed by atoms with van der Waals surface area (Å²) in [5, 5.41) is 20.1. The summed E-state index contributed by atoms with van der Waals surface area (Å²) in [5.41, 5.74) is 7.26. The first-order chi connectivity index (χ1) is 8.86. The quantitative estimate of drug-likeness (QED) is 0.565. The van der Waals surface area contributed by atoms with Crippen molar-refractivity contribution in [2.75, 3.05) is 12.3 Å². The minimum Gasteiger partial charge on any atom is -0.466 e. The molecule has 0 heterocycles. The molecule has 2 unspecified atom stereocenters. The van der Waals surface area contributed by atoms with Crippen LogP contribution in [0.3, 0.4) is 0 Å². The minimum absolute atomic E-state index is 0.226. The maximum Gasteiger partial charge on any atom is 0.308 e. The summed E-state index contributed by atoms with van der Waals surface area (Å²) < 4.78 is 4.71. The number of carbonyl (C=O) groups excluding carboxylic acids is 1. The third-order valence-electron chi connectivity index (χ3n) is 2.75. The molecule has 0 aliphatic carbocycles. The molecule has 0 saturated heterocycles. The van der Waals surface area contributed by atoms with Gasteiger partial charge in [-0.15, -0.1) is 0 Å². The largest absolute Gasteiger partial charge is 0.466 e. The number of halogens is 1. The number of nitrogens with two attached hydrogens (primary N) is 1. The molecule has 0 saturated carbocycles. The van der Waals surface area contributed by atoms with Crippen LogP contribution in [0.4, 0.5) is 5.69 Å². The number of aliphatic hydroxyl groups is 2. The first kappa shape index (κ1) is 15.8.